The number of piperidine rings is 1. The molecule has 4 heterocycles. The molecule has 26 heavy (non-hydrogen) atoms. The molecule has 6 nitrogen and oxygen atoms in total. The van der Waals surface area contributed by atoms with Crippen LogP contribution in [0.4, 0.5) is 5.82 Å². The van der Waals surface area contributed by atoms with Crippen LogP contribution >= 0.6 is 24.8 Å². The molecule has 146 valence electrons. The Morgan fingerprint density at radius 3 is 2.42 bits per heavy atom. The van der Waals surface area contributed by atoms with Gasteiger partial charge in [-0.1, -0.05) is 6.07 Å². The maximum atomic E-state index is 12.4. The smallest absolute Gasteiger partial charge is 0.234 e. The van der Waals surface area contributed by atoms with Crippen LogP contribution in [0.15, 0.2) is 24.4 Å². The molecule has 8 heteroatoms. The van der Waals surface area contributed by atoms with Crippen LogP contribution < -0.4 is 15.5 Å². The molecule has 0 radical (unpaired) electrons. The first kappa shape index (κ1) is 21.2. The highest BCUT2D eigenvalue weighted by atomic mass is 35.5. The molecular formula is C18H29Cl2N5O. The minimum absolute atomic E-state index is 0. The van der Waals surface area contributed by atoms with Gasteiger partial charge in [0.05, 0.1) is 6.54 Å². The predicted octanol–water partition coefficient (Wildman–Crippen LogP) is 1.45. The van der Waals surface area contributed by atoms with Crippen LogP contribution in [0.25, 0.3) is 0 Å². The summed E-state index contributed by atoms with van der Waals surface area (Å²) in [5.74, 6) is 1.22. The maximum Gasteiger partial charge on any atom is 0.234 e. The number of halogens is 2. The molecule has 1 aromatic rings. The lowest BCUT2D eigenvalue weighted by Crippen LogP contribution is -2.53. The highest BCUT2D eigenvalue weighted by Crippen LogP contribution is 2.26. The summed E-state index contributed by atoms with van der Waals surface area (Å²) in [6, 6.07) is 7.62. The molecule has 2 N–H and O–H groups in total. The normalized spacial score (nSPS) is 28.0. The highest BCUT2D eigenvalue weighted by Gasteiger charge is 2.34. The van der Waals surface area contributed by atoms with E-state index in [0.717, 1.165) is 44.8 Å². The van der Waals surface area contributed by atoms with E-state index in [4.69, 9.17) is 0 Å². The van der Waals surface area contributed by atoms with E-state index in [-0.39, 0.29) is 30.7 Å². The second-order valence-electron chi connectivity index (χ2n) is 7.32. The van der Waals surface area contributed by atoms with Crippen molar-refractivity contribution < 1.29 is 4.79 Å². The Morgan fingerprint density at radius 2 is 1.81 bits per heavy atom. The Labute approximate surface area is 167 Å². The topological polar surface area (TPSA) is 60.5 Å². The molecule has 0 saturated carbocycles. The molecule has 3 aliphatic heterocycles. The second kappa shape index (κ2) is 9.74. The summed E-state index contributed by atoms with van der Waals surface area (Å²) >= 11 is 0. The van der Waals surface area contributed by atoms with Gasteiger partial charge in [-0.15, -0.1) is 24.8 Å². The van der Waals surface area contributed by atoms with Crippen LogP contribution in [0.2, 0.25) is 0 Å². The average Bonchev–Trinajstić information content (AvgIpc) is 2.95. The minimum atomic E-state index is 0. The number of aromatic nitrogens is 1. The fourth-order valence-electron chi connectivity index (χ4n) is 4.33. The predicted molar refractivity (Wildman–Crippen MR) is 108 cm³/mol. The van der Waals surface area contributed by atoms with Gasteiger partial charge in [-0.3, -0.25) is 9.69 Å². The zero-order valence-electron chi connectivity index (χ0n) is 15.0. The molecule has 3 fully saturated rings. The summed E-state index contributed by atoms with van der Waals surface area (Å²) in [5, 5.41) is 6.89. The quantitative estimate of drug-likeness (QED) is 0.799. The van der Waals surface area contributed by atoms with Crippen molar-refractivity contribution in [3.8, 4) is 0 Å². The van der Waals surface area contributed by atoms with Crippen LogP contribution in [-0.4, -0.2) is 66.6 Å². The summed E-state index contributed by atoms with van der Waals surface area (Å²) in [6.07, 6.45) is 6.56. The molecule has 2 atom stereocenters. The number of pyridine rings is 1. The number of fused-ring (bicyclic) bond motifs is 2. The van der Waals surface area contributed by atoms with E-state index < -0.39 is 0 Å². The SMILES string of the molecule is Cl.Cl.O=C(CN1CCN(c2ccccn2)CC1)NC1CC2CCC(C1)N2. The van der Waals surface area contributed by atoms with E-state index in [0.29, 0.717) is 24.7 Å². The van der Waals surface area contributed by atoms with Gasteiger partial charge in [0.15, 0.2) is 0 Å². The van der Waals surface area contributed by atoms with E-state index in [1.165, 1.54) is 12.8 Å². The van der Waals surface area contributed by atoms with Gasteiger partial charge in [0, 0.05) is 50.5 Å². The summed E-state index contributed by atoms with van der Waals surface area (Å²) in [4.78, 5) is 21.3. The molecule has 4 rings (SSSR count). The van der Waals surface area contributed by atoms with Gasteiger partial charge < -0.3 is 15.5 Å². The van der Waals surface area contributed by atoms with Gasteiger partial charge in [-0.25, -0.2) is 4.98 Å². The number of rotatable bonds is 4. The van der Waals surface area contributed by atoms with E-state index in [2.05, 4.69) is 25.4 Å². The van der Waals surface area contributed by atoms with Crippen LogP contribution in [0.1, 0.15) is 25.7 Å². The first-order valence-electron chi connectivity index (χ1n) is 9.20. The minimum Gasteiger partial charge on any atom is -0.354 e. The zero-order valence-corrected chi connectivity index (χ0v) is 16.6. The van der Waals surface area contributed by atoms with Gasteiger partial charge in [0.2, 0.25) is 5.91 Å². The fraction of sp³-hybridized carbons (Fsp3) is 0.667. The molecular weight excluding hydrogens is 373 g/mol. The Morgan fingerprint density at radius 1 is 1.12 bits per heavy atom. The summed E-state index contributed by atoms with van der Waals surface area (Å²) in [5.41, 5.74) is 0. The van der Waals surface area contributed by atoms with Crippen molar-refractivity contribution in [3.63, 3.8) is 0 Å². The third-order valence-corrected chi connectivity index (χ3v) is 5.55. The van der Waals surface area contributed by atoms with E-state index in [1.54, 1.807) is 0 Å². The van der Waals surface area contributed by atoms with Crippen molar-refractivity contribution in [1.29, 1.82) is 0 Å². The van der Waals surface area contributed by atoms with Crippen molar-refractivity contribution in [2.75, 3.05) is 37.6 Å². The number of nitrogens with zero attached hydrogens (tertiary/aromatic N) is 3. The number of carbonyl (C=O) groups is 1. The van der Waals surface area contributed by atoms with Gasteiger partial charge in [-0.05, 0) is 37.8 Å². The molecule has 0 aliphatic carbocycles. The van der Waals surface area contributed by atoms with Gasteiger partial charge in [0.25, 0.3) is 0 Å². The highest BCUT2D eigenvalue weighted by molar-refractivity contribution is 5.85. The summed E-state index contributed by atoms with van der Waals surface area (Å²) in [7, 11) is 0. The maximum absolute atomic E-state index is 12.4. The lowest BCUT2D eigenvalue weighted by atomic mass is 10.00. The molecule has 0 aromatic carbocycles. The van der Waals surface area contributed by atoms with Crippen molar-refractivity contribution in [3.05, 3.63) is 24.4 Å². The Balaban J connectivity index is 0.00000121. The van der Waals surface area contributed by atoms with Crippen LogP contribution in [0.3, 0.4) is 0 Å². The van der Waals surface area contributed by atoms with Crippen molar-refractivity contribution in [2.45, 2.75) is 43.8 Å². The van der Waals surface area contributed by atoms with Crippen molar-refractivity contribution >= 4 is 36.5 Å². The molecule has 2 unspecified atom stereocenters. The van der Waals surface area contributed by atoms with Crippen LogP contribution in [0, 0.1) is 0 Å². The van der Waals surface area contributed by atoms with Crippen molar-refractivity contribution in [2.24, 2.45) is 0 Å². The number of amides is 1. The van der Waals surface area contributed by atoms with E-state index >= 15 is 0 Å². The number of hydrogen-bond donors (Lipinski definition) is 2. The number of hydrogen-bond acceptors (Lipinski definition) is 5. The molecule has 1 amide bonds. The molecule has 2 bridgehead atoms. The number of nitrogens with one attached hydrogen (secondary N) is 2. The van der Waals surface area contributed by atoms with Gasteiger partial charge >= 0.3 is 0 Å². The fourth-order valence-corrected chi connectivity index (χ4v) is 4.33. The Kier molecular flexibility index (Phi) is 7.95. The van der Waals surface area contributed by atoms with E-state index in [1.807, 2.05) is 24.4 Å². The standard InChI is InChI=1S/C18H27N5O.2ClH/c24-18(21-16-11-14-4-5-15(12-16)20-14)13-22-7-9-23(10-8-22)17-3-1-2-6-19-17;;/h1-3,6,14-16,20H,4-5,7-13H2,(H,21,24);2*1H. The largest absolute Gasteiger partial charge is 0.354 e. The number of anilines is 1. The Hall–Kier alpha value is -1.08. The lowest BCUT2D eigenvalue weighted by Gasteiger charge is -2.35. The third kappa shape index (κ3) is 5.22. The molecule has 3 aliphatic rings. The van der Waals surface area contributed by atoms with Crippen LogP contribution in [-0.2, 0) is 4.79 Å². The van der Waals surface area contributed by atoms with E-state index in [9.17, 15) is 4.79 Å². The summed E-state index contributed by atoms with van der Waals surface area (Å²) < 4.78 is 0. The van der Waals surface area contributed by atoms with Gasteiger partial charge in [-0.2, -0.15) is 0 Å². The third-order valence-electron chi connectivity index (χ3n) is 5.55. The number of carbonyl (C=O) groups excluding carboxylic acids is 1. The first-order chi connectivity index (χ1) is 11.8. The Bertz CT molecular complexity index is 556. The number of piperazine rings is 1. The molecule has 0 spiro atoms. The zero-order chi connectivity index (χ0) is 16.4. The first-order valence-corrected chi connectivity index (χ1v) is 9.20. The summed E-state index contributed by atoms with van der Waals surface area (Å²) in [6.45, 7) is 4.22. The molecule has 3 saturated heterocycles. The van der Waals surface area contributed by atoms with Crippen LogP contribution in [0.5, 0.6) is 0 Å². The van der Waals surface area contributed by atoms with Crippen molar-refractivity contribution in [1.82, 2.24) is 20.5 Å². The molecule has 1 aromatic heterocycles. The average molecular weight is 402 g/mol. The van der Waals surface area contributed by atoms with Gasteiger partial charge in [0.1, 0.15) is 5.82 Å². The second-order valence-corrected chi connectivity index (χ2v) is 7.32. The monoisotopic (exact) mass is 401 g/mol. The lowest BCUT2D eigenvalue weighted by molar-refractivity contribution is -0.123.